The second kappa shape index (κ2) is 5.55. The van der Waals surface area contributed by atoms with E-state index in [4.69, 9.17) is 0 Å². The molecule has 0 bridgehead atoms. The van der Waals surface area contributed by atoms with Crippen molar-refractivity contribution in [2.24, 2.45) is 0 Å². The summed E-state index contributed by atoms with van der Waals surface area (Å²) >= 11 is 0. The van der Waals surface area contributed by atoms with Crippen LogP contribution in [0.25, 0.3) is 0 Å². The van der Waals surface area contributed by atoms with Crippen molar-refractivity contribution in [1.82, 2.24) is 0 Å². The lowest BCUT2D eigenvalue weighted by Gasteiger charge is -2.21. The molecular formula is C16H23NO. The Morgan fingerprint density at radius 1 is 1.22 bits per heavy atom. The number of benzene rings is 1. The smallest absolute Gasteiger partial charge is 0.226 e. The number of aryl methyl sites for hydroxylation is 1. The summed E-state index contributed by atoms with van der Waals surface area (Å²) in [5, 5.41) is 0. The molecule has 0 N–H and O–H groups in total. The molecule has 0 spiro atoms. The van der Waals surface area contributed by atoms with Gasteiger partial charge in [0.1, 0.15) is 0 Å². The highest BCUT2D eigenvalue weighted by Gasteiger charge is 2.20. The molecule has 2 rings (SSSR count). The van der Waals surface area contributed by atoms with Crippen LogP contribution in [0.3, 0.4) is 0 Å². The summed E-state index contributed by atoms with van der Waals surface area (Å²) in [4.78, 5) is 13.8. The molecule has 0 fully saturated rings. The Morgan fingerprint density at radius 2 is 1.94 bits per heavy atom. The van der Waals surface area contributed by atoms with E-state index in [9.17, 15) is 4.79 Å². The number of fused-ring (bicyclic) bond motifs is 1. The molecule has 1 aliphatic heterocycles. The second-order valence-corrected chi connectivity index (χ2v) is 5.21. The molecule has 1 aliphatic rings. The van der Waals surface area contributed by atoms with Gasteiger partial charge in [0, 0.05) is 19.2 Å². The minimum atomic E-state index is 0.246. The van der Waals surface area contributed by atoms with E-state index >= 15 is 0 Å². The first-order valence-electron chi connectivity index (χ1n) is 7.06. The number of anilines is 1. The van der Waals surface area contributed by atoms with Gasteiger partial charge in [0.05, 0.1) is 0 Å². The molecule has 1 heterocycles. The highest BCUT2D eigenvalue weighted by atomic mass is 16.2. The summed E-state index contributed by atoms with van der Waals surface area (Å²) in [6, 6.07) is 6.70. The normalized spacial score (nSPS) is 15.8. The summed E-state index contributed by atoms with van der Waals surface area (Å²) < 4.78 is 0. The minimum absolute atomic E-state index is 0.246. The zero-order chi connectivity index (χ0) is 13.1. The van der Waals surface area contributed by atoms with Crippen LogP contribution in [0.15, 0.2) is 18.2 Å². The predicted octanol–water partition coefficient (Wildman–Crippen LogP) is 3.89. The number of hydrogen-bond acceptors (Lipinski definition) is 1. The second-order valence-electron chi connectivity index (χ2n) is 5.21. The highest BCUT2D eigenvalue weighted by molar-refractivity contribution is 5.94. The van der Waals surface area contributed by atoms with E-state index in [1.165, 1.54) is 11.1 Å². The fraction of sp³-hybridized carbons (Fsp3) is 0.562. The molecule has 1 aromatic rings. The van der Waals surface area contributed by atoms with Gasteiger partial charge >= 0.3 is 0 Å². The first-order valence-corrected chi connectivity index (χ1v) is 7.06. The third-order valence-electron chi connectivity index (χ3n) is 4.14. The van der Waals surface area contributed by atoms with E-state index < -0.39 is 0 Å². The SMILES string of the molecule is CCC(CC)c1ccc2c(c1)N(C)C(=O)CCC2. The Labute approximate surface area is 110 Å². The van der Waals surface area contributed by atoms with Gasteiger partial charge in [-0.15, -0.1) is 0 Å². The van der Waals surface area contributed by atoms with Gasteiger partial charge in [-0.1, -0.05) is 26.0 Å². The number of carbonyl (C=O) groups is 1. The van der Waals surface area contributed by atoms with Crippen LogP contribution in [0.1, 0.15) is 56.6 Å². The summed E-state index contributed by atoms with van der Waals surface area (Å²) in [6.07, 6.45) is 4.99. The van der Waals surface area contributed by atoms with Crippen LogP contribution >= 0.6 is 0 Å². The van der Waals surface area contributed by atoms with Gasteiger partial charge in [0.25, 0.3) is 0 Å². The Kier molecular flexibility index (Phi) is 4.05. The van der Waals surface area contributed by atoms with Crippen molar-refractivity contribution >= 4 is 11.6 Å². The Balaban J connectivity index is 2.40. The maximum absolute atomic E-state index is 11.9. The monoisotopic (exact) mass is 245 g/mol. The van der Waals surface area contributed by atoms with Crippen LogP contribution < -0.4 is 4.90 Å². The maximum Gasteiger partial charge on any atom is 0.226 e. The van der Waals surface area contributed by atoms with Crippen molar-refractivity contribution in [1.29, 1.82) is 0 Å². The largest absolute Gasteiger partial charge is 0.315 e. The third kappa shape index (κ3) is 2.43. The van der Waals surface area contributed by atoms with Gasteiger partial charge in [-0.2, -0.15) is 0 Å². The zero-order valence-corrected chi connectivity index (χ0v) is 11.7. The van der Waals surface area contributed by atoms with E-state index in [2.05, 4.69) is 32.0 Å². The summed E-state index contributed by atoms with van der Waals surface area (Å²) in [5.74, 6) is 0.859. The lowest BCUT2D eigenvalue weighted by atomic mass is 9.92. The van der Waals surface area contributed by atoms with Crippen molar-refractivity contribution in [2.75, 3.05) is 11.9 Å². The molecule has 1 amide bonds. The lowest BCUT2D eigenvalue weighted by Crippen LogP contribution is -2.25. The third-order valence-corrected chi connectivity index (χ3v) is 4.14. The minimum Gasteiger partial charge on any atom is -0.315 e. The Hall–Kier alpha value is -1.31. The van der Waals surface area contributed by atoms with Gasteiger partial charge in [-0.3, -0.25) is 4.79 Å². The summed E-state index contributed by atoms with van der Waals surface area (Å²) in [6.45, 7) is 4.46. The molecular weight excluding hydrogens is 222 g/mol. The van der Waals surface area contributed by atoms with E-state index in [1.54, 1.807) is 0 Å². The predicted molar refractivity (Wildman–Crippen MR) is 76.1 cm³/mol. The maximum atomic E-state index is 11.9. The van der Waals surface area contributed by atoms with Crippen LogP contribution in [0.2, 0.25) is 0 Å². The molecule has 1 aromatic carbocycles. The van der Waals surface area contributed by atoms with Crippen LogP contribution in [-0.4, -0.2) is 13.0 Å². The van der Waals surface area contributed by atoms with Crippen molar-refractivity contribution in [3.63, 3.8) is 0 Å². The van der Waals surface area contributed by atoms with Crippen molar-refractivity contribution in [2.45, 2.75) is 51.9 Å². The van der Waals surface area contributed by atoms with E-state index in [0.29, 0.717) is 12.3 Å². The van der Waals surface area contributed by atoms with Crippen LogP contribution in [0.4, 0.5) is 5.69 Å². The quantitative estimate of drug-likeness (QED) is 0.791. The number of carbonyl (C=O) groups excluding carboxylic acids is 1. The van der Waals surface area contributed by atoms with Crippen LogP contribution in [-0.2, 0) is 11.2 Å². The standard InChI is InChI=1S/C16H23NO/c1-4-12(5-2)14-10-9-13-7-6-8-16(18)17(3)15(13)11-14/h9-12H,4-8H2,1-3H3. The molecule has 0 aromatic heterocycles. The Bertz CT molecular complexity index is 435. The van der Waals surface area contributed by atoms with Gasteiger partial charge in [-0.25, -0.2) is 0 Å². The molecule has 0 aliphatic carbocycles. The average molecular weight is 245 g/mol. The van der Waals surface area contributed by atoms with E-state index in [1.807, 2.05) is 11.9 Å². The van der Waals surface area contributed by atoms with Gasteiger partial charge in [-0.05, 0) is 48.8 Å². The molecule has 2 heteroatoms. The number of amides is 1. The molecule has 18 heavy (non-hydrogen) atoms. The molecule has 0 radical (unpaired) electrons. The Morgan fingerprint density at radius 3 is 2.61 bits per heavy atom. The number of nitrogens with zero attached hydrogens (tertiary/aromatic N) is 1. The lowest BCUT2D eigenvalue weighted by molar-refractivity contribution is -0.118. The van der Waals surface area contributed by atoms with Crippen molar-refractivity contribution < 1.29 is 4.79 Å². The average Bonchev–Trinajstić information content (AvgIpc) is 2.52. The first kappa shape index (κ1) is 13.1. The fourth-order valence-electron chi connectivity index (χ4n) is 2.85. The van der Waals surface area contributed by atoms with Crippen molar-refractivity contribution in [3.8, 4) is 0 Å². The molecule has 0 atom stereocenters. The zero-order valence-electron chi connectivity index (χ0n) is 11.7. The van der Waals surface area contributed by atoms with Gasteiger partial charge in [0.2, 0.25) is 5.91 Å². The number of hydrogen-bond donors (Lipinski definition) is 0. The molecule has 0 unspecified atom stereocenters. The molecule has 0 saturated carbocycles. The summed E-state index contributed by atoms with van der Waals surface area (Å²) in [5.41, 5.74) is 3.82. The van der Waals surface area contributed by atoms with Crippen LogP contribution in [0.5, 0.6) is 0 Å². The number of rotatable bonds is 3. The molecule has 2 nitrogen and oxygen atoms in total. The molecule has 0 saturated heterocycles. The molecule has 98 valence electrons. The van der Waals surface area contributed by atoms with E-state index in [0.717, 1.165) is 31.4 Å². The summed E-state index contributed by atoms with van der Waals surface area (Å²) in [7, 11) is 1.91. The fourth-order valence-corrected chi connectivity index (χ4v) is 2.85. The van der Waals surface area contributed by atoms with Crippen LogP contribution in [0, 0.1) is 0 Å². The van der Waals surface area contributed by atoms with Crippen molar-refractivity contribution in [3.05, 3.63) is 29.3 Å². The van der Waals surface area contributed by atoms with Gasteiger partial charge in [0.15, 0.2) is 0 Å². The topological polar surface area (TPSA) is 20.3 Å². The van der Waals surface area contributed by atoms with E-state index in [-0.39, 0.29) is 5.91 Å². The first-order chi connectivity index (χ1) is 8.67. The van der Waals surface area contributed by atoms with Gasteiger partial charge < -0.3 is 4.90 Å². The highest BCUT2D eigenvalue weighted by Crippen LogP contribution is 2.31.